The van der Waals surface area contributed by atoms with E-state index in [1.54, 1.807) is 0 Å². The van der Waals surface area contributed by atoms with Crippen LogP contribution in [0.2, 0.25) is 0 Å². The van der Waals surface area contributed by atoms with Crippen LogP contribution in [0.15, 0.2) is 42.6 Å². The van der Waals surface area contributed by atoms with Crippen LogP contribution in [0.1, 0.15) is 17.1 Å². The van der Waals surface area contributed by atoms with Gasteiger partial charge in [0, 0.05) is 38.1 Å². The van der Waals surface area contributed by atoms with Crippen LogP contribution in [0, 0.1) is 6.92 Å². The van der Waals surface area contributed by atoms with E-state index < -0.39 is 0 Å². The highest BCUT2D eigenvalue weighted by Crippen LogP contribution is 2.01. The highest BCUT2D eigenvalue weighted by atomic mass is 15.1. The van der Waals surface area contributed by atoms with Gasteiger partial charge in [-0.05, 0) is 38.2 Å². The van der Waals surface area contributed by atoms with Gasteiger partial charge in [-0.15, -0.1) is 0 Å². The fourth-order valence-corrected chi connectivity index (χ4v) is 2.03. The molecule has 0 aliphatic carbocycles. The first-order valence-corrected chi connectivity index (χ1v) is 6.96. The van der Waals surface area contributed by atoms with Crippen LogP contribution in [0.3, 0.4) is 0 Å². The molecule has 0 aliphatic rings. The summed E-state index contributed by atoms with van der Waals surface area (Å²) in [4.78, 5) is 11.1. The van der Waals surface area contributed by atoms with Crippen LogP contribution in [-0.2, 0) is 13.1 Å². The summed E-state index contributed by atoms with van der Waals surface area (Å²) in [6, 6.07) is 12.1. The summed E-state index contributed by atoms with van der Waals surface area (Å²) in [5, 5.41) is 3.41. The Labute approximate surface area is 120 Å². The minimum absolute atomic E-state index is 0.817. The van der Waals surface area contributed by atoms with Crippen molar-refractivity contribution < 1.29 is 0 Å². The second-order valence-electron chi connectivity index (χ2n) is 5.01. The Morgan fingerprint density at radius 2 is 1.95 bits per heavy atom. The molecule has 0 bridgehead atoms. The van der Waals surface area contributed by atoms with Crippen molar-refractivity contribution in [1.29, 1.82) is 0 Å². The summed E-state index contributed by atoms with van der Waals surface area (Å²) in [5.74, 6) is 0. The second kappa shape index (κ2) is 7.72. The molecule has 106 valence electrons. The van der Waals surface area contributed by atoms with Crippen molar-refractivity contribution >= 4 is 0 Å². The first kappa shape index (κ1) is 14.6. The van der Waals surface area contributed by atoms with E-state index in [1.807, 2.05) is 37.4 Å². The number of aromatic nitrogens is 2. The van der Waals surface area contributed by atoms with E-state index in [1.165, 1.54) is 0 Å². The topological polar surface area (TPSA) is 41.0 Å². The summed E-state index contributed by atoms with van der Waals surface area (Å²) in [6.07, 6.45) is 1.83. The Balaban J connectivity index is 1.66. The number of hydrogen-bond acceptors (Lipinski definition) is 4. The van der Waals surface area contributed by atoms with Crippen LogP contribution in [-0.4, -0.2) is 35.0 Å². The molecule has 0 amide bonds. The van der Waals surface area contributed by atoms with Crippen LogP contribution in [0.5, 0.6) is 0 Å². The minimum atomic E-state index is 0.817. The Morgan fingerprint density at radius 1 is 1.10 bits per heavy atom. The van der Waals surface area contributed by atoms with Gasteiger partial charge in [0.15, 0.2) is 0 Å². The molecule has 1 N–H and O–H groups in total. The fourth-order valence-electron chi connectivity index (χ4n) is 2.03. The highest BCUT2D eigenvalue weighted by Gasteiger charge is 2.01. The maximum Gasteiger partial charge on any atom is 0.0547 e. The number of pyridine rings is 2. The van der Waals surface area contributed by atoms with Crippen molar-refractivity contribution in [2.75, 3.05) is 20.1 Å². The Bertz CT molecular complexity index is 513. The van der Waals surface area contributed by atoms with Crippen molar-refractivity contribution in [2.24, 2.45) is 0 Å². The number of aryl methyl sites for hydroxylation is 1. The van der Waals surface area contributed by atoms with Gasteiger partial charge in [-0.1, -0.05) is 12.1 Å². The first-order chi connectivity index (χ1) is 9.74. The first-order valence-electron chi connectivity index (χ1n) is 6.96. The van der Waals surface area contributed by atoms with Gasteiger partial charge < -0.3 is 5.32 Å². The summed E-state index contributed by atoms with van der Waals surface area (Å²) >= 11 is 0. The van der Waals surface area contributed by atoms with Crippen LogP contribution in [0.25, 0.3) is 0 Å². The molecule has 0 aromatic carbocycles. The molecule has 0 spiro atoms. The van der Waals surface area contributed by atoms with Crippen LogP contribution in [0.4, 0.5) is 0 Å². The predicted molar refractivity (Wildman–Crippen MR) is 81.3 cm³/mol. The molecule has 2 rings (SSSR count). The SMILES string of the molecule is Cc1cccc(CN(C)CCNCc2ccccn2)n1. The summed E-state index contributed by atoms with van der Waals surface area (Å²) in [6.45, 7) is 5.66. The standard InChI is InChI=1S/C16H22N4/c1-14-6-5-8-16(19-14)13-20(2)11-10-17-12-15-7-3-4-9-18-15/h3-9,17H,10-13H2,1-2H3. The molecule has 20 heavy (non-hydrogen) atoms. The summed E-state index contributed by atoms with van der Waals surface area (Å²) in [7, 11) is 2.12. The second-order valence-corrected chi connectivity index (χ2v) is 5.01. The number of likely N-dealkylation sites (N-methyl/N-ethyl adjacent to an activating group) is 1. The lowest BCUT2D eigenvalue weighted by Crippen LogP contribution is -2.29. The van der Waals surface area contributed by atoms with Crippen molar-refractivity contribution in [3.8, 4) is 0 Å². The number of hydrogen-bond donors (Lipinski definition) is 1. The average Bonchev–Trinajstić information content (AvgIpc) is 2.45. The van der Waals surface area contributed by atoms with Crippen molar-refractivity contribution in [3.05, 3.63) is 59.7 Å². The summed E-state index contributed by atoms with van der Waals surface area (Å²) in [5.41, 5.74) is 3.27. The van der Waals surface area contributed by atoms with Crippen molar-refractivity contribution in [2.45, 2.75) is 20.0 Å². The molecule has 2 aromatic heterocycles. The van der Waals surface area contributed by atoms with Crippen LogP contribution >= 0.6 is 0 Å². The lowest BCUT2D eigenvalue weighted by molar-refractivity contribution is 0.320. The van der Waals surface area contributed by atoms with Gasteiger partial charge in [-0.25, -0.2) is 0 Å². The molecule has 2 aromatic rings. The lowest BCUT2D eigenvalue weighted by atomic mass is 10.3. The zero-order chi connectivity index (χ0) is 14.2. The van der Waals surface area contributed by atoms with E-state index in [9.17, 15) is 0 Å². The lowest BCUT2D eigenvalue weighted by Gasteiger charge is -2.16. The minimum Gasteiger partial charge on any atom is -0.310 e. The largest absolute Gasteiger partial charge is 0.310 e. The zero-order valence-corrected chi connectivity index (χ0v) is 12.2. The van der Waals surface area contributed by atoms with Gasteiger partial charge in [0.2, 0.25) is 0 Å². The van der Waals surface area contributed by atoms with E-state index in [0.29, 0.717) is 0 Å². The molecular formula is C16H22N4. The van der Waals surface area contributed by atoms with E-state index in [2.05, 4.69) is 39.4 Å². The molecule has 0 aliphatic heterocycles. The third-order valence-electron chi connectivity index (χ3n) is 3.08. The van der Waals surface area contributed by atoms with Crippen molar-refractivity contribution in [1.82, 2.24) is 20.2 Å². The number of nitrogens with zero attached hydrogens (tertiary/aromatic N) is 3. The molecule has 0 atom stereocenters. The van der Waals surface area contributed by atoms with E-state index in [4.69, 9.17) is 0 Å². The molecule has 0 radical (unpaired) electrons. The average molecular weight is 270 g/mol. The quantitative estimate of drug-likeness (QED) is 0.781. The molecule has 0 saturated carbocycles. The summed E-state index contributed by atoms with van der Waals surface area (Å²) < 4.78 is 0. The molecule has 0 saturated heterocycles. The predicted octanol–water partition coefficient (Wildman–Crippen LogP) is 2.01. The van der Waals surface area contributed by atoms with E-state index >= 15 is 0 Å². The maximum absolute atomic E-state index is 4.52. The third kappa shape index (κ3) is 5.07. The highest BCUT2D eigenvalue weighted by molar-refractivity contribution is 5.09. The zero-order valence-electron chi connectivity index (χ0n) is 12.2. The normalized spacial score (nSPS) is 10.9. The molecule has 2 heterocycles. The van der Waals surface area contributed by atoms with E-state index in [-0.39, 0.29) is 0 Å². The molecular weight excluding hydrogens is 248 g/mol. The van der Waals surface area contributed by atoms with Gasteiger partial charge in [0.1, 0.15) is 0 Å². The Hall–Kier alpha value is -1.78. The van der Waals surface area contributed by atoms with Gasteiger partial charge in [0.05, 0.1) is 11.4 Å². The molecule has 0 fully saturated rings. The van der Waals surface area contributed by atoms with Gasteiger partial charge in [-0.2, -0.15) is 0 Å². The monoisotopic (exact) mass is 270 g/mol. The van der Waals surface area contributed by atoms with E-state index in [0.717, 1.165) is 43.3 Å². The van der Waals surface area contributed by atoms with Gasteiger partial charge >= 0.3 is 0 Å². The smallest absolute Gasteiger partial charge is 0.0547 e. The number of rotatable bonds is 7. The van der Waals surface area contributed by atoms with Crippen LogP contribution < -0.4 is 5.32 Å². The molecule has 0 unspecified atom stereocenters. The Kier molecular flexibility index (Phi) is 5.65. The fraction of sp³-hybridized carbons (Fsp3) is 0.375. The maximum atomic E-state index is 4.52. The molecule has 4 nitrogen and oxygen atoms in total. The van der Waals surface area contributed by atoms with Gasteiger partial charge in [0.25, 0.3) is 0 Å². The third-order valence-corrected chi connectivity index (χ3v) is 3.08. The number of nitrogens with one attached hydrogen (secondary N) is 1. The molecule has 4 heteroatoms. The Morgan fingerprint density at radius 3 is 2.70 bits per heavy atom. The van der Waals surface area contributed by atoms with Crippen molar-refractivity contribution in [3.63, 3.8) is 0 Å². The van der Waals surface area contributed by atoms with Gasteiger partial charge in [-0.3, -0.25) is 14.9 Å².